The van der Waals surface area contributed by atoms with E-state index in [1.54, 1.807) is 12.1 Å². The van der Waals surface area contributed by atoms with E-state index in [9.17, 15) is 32.2 Å². The van der Waals surface area contributed by atoms with Crippen LogP contribution < -0.4 is 0 Å². The van der Waals surface area contributed by atoms with Crippen LogP contribution in [0, 0.1) is 17.6 Å². The van der Waals surface area contributed by atoms with Gasteiger partial charge in [-0.05, 0) is 85.0 Å². The van der Waals surface area contributed by atoms with Gasteiger partial charge in [-0.1, -0.05) is 32.9 Å². The Morgan fingerprint density at radius 1 is 0.930 bits per heavy atom. The Labute approximate surface area is 251 Å². The van der Waals surface area contributed by atoms with Crippen molar-refractivity contribution < 1.29 is 37.3 Å². The minimum atomic E-state index is -4.06. The number of aliphatic hydroxyl groups excluding tert-OH is 2. The van der Waals surface area contributed by atoms with E-state index in [4.69, 9.17) is 5.11 Å². The standard InChI is InChI=1S/C32H40F2N2O6S/c1-20(2)30-32(43(41,42)35-15-12-21(3)13-16-35)29(22-4-8-24(33)9-5-22)31(23-6-10-25(34)11-7-23)36(30)17-14-26(37)18-27(38)19-28(39)40/h4-11,20-21,26-27,37-38H,12-19H2,1-3H3,(H,39,40)/t26-,27-/m1/s1. The van der Waals surface area contributed by atoms with Gasteiger partial charge in [-0.2, -0.15) is 4.31 Å². The van der Waals surface area contributed by atoms with Crippen molar-refractivity contribution in [1.29, 1.82) is 0 Å². The number of hydrogen-bond acceptors (Lipinski definition) is 5. The number of sulfonamides is 1. The molecule has 4 rings (SSSR count). The van der Waals surface area contributed by atoms with Crippen molar-refractivity contribution in [2.24, 2.45) is 5.92 Å². The summed E-state index contributed by atoms with van der Waals surface area (Å²) < 4.78 is 60.6. The van der Waals surface area contributed by atoms with Crippen molar-refractivity contribution >= 4 is 16.0 Å². The molecule has 1 aromatic heterocycles. The molecular weight excluding hydrogens is 578 g/mol. The summed E-state index contributed by atoms with van der Waals surface area (Å²) in [6.07, 6.45) is -1.47. The fraction of sp³-hybridized carbons (Fsp3) is 0.469. The lowest BCUT2D eigenvalue weighted by Gasteiger charge is -2.30. The lowest BCUT2D eigenvalue weighted by atomic mass is 10.00. The first-order valence-electron chi connectivity index (χ1n) is 14.7. The second-order valence-corrected chi connectivity index (χ2v) is 13.6. The number of aromatic nitrogens is 1. The van der Waals surface area contributed by atoms with Crippen LogP contribution in [-0.2, 0) is 21.4 Å². The van der Waals surface area contributed by atoms with Crippen LogP contribution in [-0.4, -0.2) is 63.9 Å². The number of aliphatic carboxylic acids is 1. The molecule has 43 heavy (non-hydrogen) atoms. The van der Waals surface area contributed by atoms with E-state index in [2.05, 4.69) is 6.92 Å². The van der Waals surface area contributed by atoms with Crippen LogP contribution in [0.25, 0.3) is 22.4 Å². The Morgan fingerprint density at radius 3 is 1.98 bits per heavy atom. The number of carbonyl (C=O) groups is 1. The maximum Gasteiger partial charge on any atom is 0.305 e. The minimum Gasteiger partial charge on any atom is -0.481 e. The second kappa shape index (κ2) is 13.7. The number of aliphatic hydroxyl groups is 2. The molecule has 2 aromatic carbocycles. The molecule has 1 saturated heterocycles. The predicted octanol–water partition coefficient (Wildman–Crippen LogP) is 5.62. The molecule has 3 aromatic rings. The highest BCUT2D eigenvalue weighted by atomic mass is 32.2. The Kier molecular flexibility index (Phi) is 10.4. The summed E-state index contributed by atoms with van der Waals surface area (Å²) in [5.41, 5.74) is 2.36. The first-order chi connectivity index (χ1) is 20.3. The molecule has 234 valence electrons. The van der Waals surface area contributed by atoms with Gasteiger partial charge in [-0.25, -0.2) is 17.2 Å². The van der Waals surface area contributed by atoms with E-state index < -0.39 is 46.3 Å². The van der Waals surface area contributed by atoms with Gasteiger partial charge in [0.1, 0.15) is 16.5 Å². The molecule has 2 atom stereocenters. The quantitative estimate of drug-likeness (QED) is 0.242. The number of hydrogen-bond donors (Lipinski definition) is 3. The van der Waals surface area contributed by atoms with E-state index in [1.807, 2.05) is 18.4 Å². The number of nitrogens with zero attached hydrogens (tertiary/aromatic N) is 2. The van der Waals surface area contributed by atoms with E-state index in [1.165, 1.54) is 40.7 Å². The van der Waals surface area contributed by atoms with Gasteiger partial charge in [0.25, 0.3) is 0 Å². The third-order valence-corrected chi connectivity index (χ3v) is 10.0. The Morgan fingerprint density at radius 2 is 1.47 bits per heavy atom. The Hall–Kier alpha value is -3.12. The number of carboxylic acid groups (broad SMARTS) is 1. The summed E-state index contributed by atoms with van der Waals surface area (Å²) in [5.74, 6) is -2.04. The monoisotopic (exact) mass is 618 g/mol. The number of halogens is 2. The Bertz CT molecular complexity index is 1510. The maximum atomic E-state index is 14.6. The molecule has 0 amide bonds. The van der Waals surface area contributed by atoms with Crippen molar-refractivity contribution in [2.45, 2.75) is 82.4 Å². The number of carboxylic acids is 1. The first kappa shape index (κ1) is 32.8. The highest BCUT2D eigenvalue weighted by Crippen LogP contribution is 2.46. The molecule has 0 aliphatic carbocycles. The molecule has 0 unspecified atom stereocenters. The molecule has 8 nitrogen and oxygen atoms in total. The highest BCUT2D eigenvalue weighted by Gasteiger charge is 2.38. The lowest BCUT2D eigenvalue weighted by molar-refractivity contribution is -0.139. The predicted molar refractivity (Wildman–Crippen MR) is 160 cm³/mol. The van der Waals surface area contributed by atoms with Gasteiger partial charge in [-0.3, -0.25) is 4.79 Å². The van der Waals surface area contributed by atoms with Crippen LogP contribution >= 0.6 is 0 Å². The molecular formula is C32H40F2N2O6S. The maximum absolute atomic E-state index is 14.6. The second-order valence-electron chi connectivity index (χ2n) is 11.8. The largest absolute Gasteiger partial charge is 0.481 e. The molecule has 0 saturated carbocycles. The van der Waals surface area contributed by atoms with Gasteiger partial charge in [0.05, 0.1) is 24.3 Å². The van der Waals surface area contributed by atoms with Gasteiger partial charge in [-0.15, -0.1) is 0 Å². The van der Waals surface area contributed by atoms with Crippen LogP contribution in [0.1, 0.15) is 64.5 Å². The SMILES string of the molecule is CC1CCN(S(=O)(=O)c2c(-c3ccc(F)cc3)c(-c3ccc(F)cc3)n(CC[C@@H](O)C[C@@H](O)CC(=O)O)c2C(C)C)CC1. The zero-order valence-electron chi connectivity index (χ0n) is 24.7. The van der Waals surface area contributed by atoms with Crippen molar-refractivity contribution in [2.75, 3.05) is 13.1 Å². The molecule has 11 heteroatoms. The average molecular weight is 619 g/mol. The van der Waals surface area contributed by atoms with Gasteiger partial charge >= 0.3 is 5.97 Å². The molecule has 1 aliphatic heterocycles. The fourth-order valence-electron chi connectivity index (χ4n) is 5.82. The summed E-state index contributed by atoms with van der Waals surface area (Å²) in [4.78, 5) is 11.1. The van der Waals surface area contributed by atoms with Crippen LogP contribution in [0.4, 0.5) is 8.78 Å². The molecule has 0 bridgehead atoms. The third kappa shape index (κ3) is 7.52. The number of benzene rings is 2. The van der Waals surface area contributed by atoms with Crippen LogP contribution in [0.5, 0.6) is 0 Å². The summed E-state index contributed by atoms with van der Waals surface area (Å²) in [6.45, 7) is 6.69. The summed E-state index contributed by atoms with van der Waals surface area (Å²) >= 11 is 0. The van der Waals surface area contributed by atoms with E-state index in [0.717, 1.165) is 12.8 Å². The smallest absolute Gasteiger partial charge is 0.305 e. The molecule has 1 aliphatic rings. The summed E-state index contributed by atoms with van der Waals surface area (Å²) in [6, 6.07) is 11.3. The summed E-state index contributed by atoms with van der Waals surface area (Å²) in [7, 11) is -4.06. The zero-order chi connectivity index (χ0) is 31.5. The van der Waals surface area contributed by atoms with Crippen LogP contribution in [0.3, 0.4) is 0 Å². The molecule has 1 fully saturated rings. The van der Waals surface area contributed by atoms with E-state index >= 15 is 0 Å². The fourth-order valence-corrected chi connectivity index (χ4v) is 7.85. The molecule has 3 N–H and O–H groups in total. The van der Waals surface area contributed by atoms with Crippen molar-refractivity contribution in [3.63, 3.8) is 0 Å². The molecule has 0 radical (unpaired) electrons. The normalized spacial score (nSPS) is 16.5. The molecule has 0 spiro atoms. The Balaban J connectivity index is 1.96. The van der Waals surface area contributed by atoms with Crippen molar-refractivity contribution in [3.8, 4) is 22.4 Å². The van der Waals surface area contributed by atoms with E-state index in [-0.39, 0.29) is 30.2 Å². The van der Waals surface area contributed by atoms with Gasteiger partial charge in [0.15, 0.2) is 0 Å². The highest BCUT2D eigenvalue weighted by molar-refractivity contribution is 7.89. The minimum absolute atomic E-state index is 0.0862. The average Bonchev–Trinajstić information content (AvgIpc) is 3.29. The zero-order valence-corrected chi connectivity index (χ0v) is 25.5. The number of rotatable bonds is 12. The molecule has 2 heterocycles. The van der Waals surface area contributed by atoms with Crippen LogP contribution in [0.2, 0.25) is 0 Å². The topological polar surface area (TPSA) is 120 Å². The van der Waals surface area contributed by atoms with Crippen molar-refractivity contribution in [3.05, 3.63) is 65.9 Å². The number of piperidine rings is 1. The lowest BCUT2D eigenvalue weighted by Crippen LogP contribution is -2.38. The van der Waals surface area contributed by atoms with E-state index in [0.29, 0.717) is 47.1 Å². The van der Waals surface area contributed by atoms with Gasteiger partial charge in [0, 0.05) is 30.9 Å². The van der Waals surface area contributed by atoms with Crippen molar-refractivity contribution in [1.82, 2.24) is 8.87 Å². The van der Waals surface area contributed by atoms with Gasteiger partial charge in [0.2, 0.25) is 10.0 Å². The summed E-state index contributed by atoms with van der Waals surface area (Å²) in [5, 5.41) is 29.8. The first-order valence-corrected chi connectivity index (χ1v) is 16.1. The third-order valence-electron chi connectivity index (χ3n) is 8.04. The van der Waals surface area contributed by atoms with Crippen LogP contribution in [0.15, 0.2) is 53.4 Å². The van der Waals surface area contributed by atoms with Gasteiger partial charge < -0.3 is 19.9 Å².